The first-order valence-electron chi connectivity index (χ1n) is 13.0. The Labute approximate surface area is 214 Å². The lowest BCUT2D eigenvalue weighted by molar-refractivity contribution is -0.154. The number of hydrogen-bond donors (Lipinski definition) is 1. The summed E-state index contributed by atoms with van der Waals surface area (Å²) >= 11 is 1.68. The van der Waals surface area contributed by atoms with Gasteiger partial charge in [0.15, 0.2) is 0 Å². The normalized spacial score (nSPS) is 31.1. The average Bonchev–Trinajstić information content (AvgIpc) is 3.40. The zero-order valence-corrected chi connectivity index (χ0v) is 22.3. The maximum atomic E-state index is 14.1. The van der Waals surface area contributed by atoms with E-state index < -0.39 is 22.6 Å². The molecule has 6 atom stereocenters. The number of carbonyl (C=O) groups excluding carboxylic acids is 3. The van der Waals surface area contributed by atoms with Crippen molar-refractivity contribution in [3.63, 3.8) is 0 Å². The number of rotatable bonds is 14. The number of nitrogens with zero attached hydrogens (tertiary/aromatic N) is 2. The summed E-state index contributed by atoms with van der Waals surface area (Å²) < 4.78 is 4.94. The summed E-state index contributed by atoms with van der Waals surface area (Å²) in [6.07, 6.45) is 8.06. The first-order chi connectivity index (χ1) is 16.8. The van der Waals surface area contributed by atoms with E-state index in [1.165, 1.54) is 0 Å². The van der Waals surface area contributed by atoms with E-state index in [1.807, 2.05) is 13.8 Å². The number of thioether (sulfide) groups is 1. The molecule has 3 aliphatic rings. The van der Waals surface area contributed by atoms with Crippen molar-refractivity contribution in [1.82, 2.24) is 9.80 Å². The molecule has 3 heterocycles. The standard InChI is InChI=1S/C27H42N2O5S/c1-6-8-16-34-26(33)21-20-17-19(5)27(35-20)22(21)24(31)29(14-11-9-10-12-15-30)23(27)25(32)28(13-7-2)18(3)4/h6-7,18-23,30H,1-2,8-17H2,3-5H3/t19?,20-,21+,22+,23?,27?/m1/s1. The highest BCUT2D eigenvalue weighted by molar-refractivity contribution is 8.02. The molecule has 0 aliphatic carbocycles. The maximum Gasteiger partial charge on any atom is 0.310 e. The lowest BCUT2D eigenvalue weighted by Gasteiger charge is -2.41. The molecular formula is C27H42N2O5S. The highest BCUT2D eigenvalue weighted by Gasteiger charge is 2.76. The van der Waals surface area contributed by atoms with Crippen LogP contribution < -0.4 is 0 Å². The van der Waals surface area contributed by atoms with Crippen molar-refractivity contribution in [2.75, 3.05) is 26.3 Å². The van der Waals surface area contributed by atoms with Crippen LogP contribution in [0, 0.1) is 17.8 Å². The van der Waals surface area contributed by atoms with Gasteiger partial charge < -0.3 is 19.6 Å². The molecule has 1 spiro atoms. The van der Waals surface area contributed by atoms with Gasteiger partial charge in [-0.3, -0.25) is 14.4 Å². The van der Waals surface area contributed by atoms with E-state index in [1.54, 1.807) is 33.7 Å². The highest BCUT2D eigenvalue weighted by Crippen LogP contribution is 2.68. The number of hydrogen-bond acceptors (Lipinski definition) is 6. The number of esters is 1. The molecule has 3 unspecified atom stereocenters. The molecule has 0 aromatic rings. The molecule has 3 fully saturated rings. The van der Waals surface area contributed by atoms with Gasteiger partial charge in [-0.2, -0.15) is 0 Å². The van der Waals surface area contributed by atoms with Gasteiger partial charge in [0.05, 0.1) is 23.2 Å². The van der Waals surface area contributed by atoms with Crippen LogP contribution in [0.3, 0.4) is 0 Å². The van der Waals surface area contributed by atoms with Crippen molar-refractivity contribution in [3.8, 4) is 0 Å². The zero-order chi connectivity index (χ0) is 25.8. The lowest BCUT2D eigenvalue weighted by atomic mass is 9.66. The van der Waals surface area contributed by atoms with Crippen molar-refractivity contribution in [1.29, 1.82) is 0 Å². The van der Waals surface area contributed by atoms with Crippen LogP contribution in [-0.4, -0.2) is 81.1 Å². The first-order valence-corrected chi connectivity index (χ1v) is 13.9. The summed E-state index contributed by atoms with van der Waals surface area (Å²) in [5.41, 5.74) is 0. The molecule has 0 aromatic carbocycles. The fourth-order valence-corrected chi connectivity index (χ4v) is 8.65. The fourth-order valence-electron chi connectivity index (χ4n) is 6.25. The van der Waals surface area contributed by atoms with Crippen LogP contribution in [0.15, 0.2) is 25.3 Å². The number of carbonyl (C=O) groups is 3. The largest absolute Gasteiger partial charge is 0.465 e. The van der Waals surface area contributed by atoms with E-state index >= 15 is 0 Å². The third kappa shape index (κ3) is 5.06. The Bertz CT molecular complexity index is 817. The predicted octanol–water partition coefficient (Wildman–Crippen LogP) is 3.42. The van der Waals surface area contributed by atoms with Gasteiger partial charge in [-0.15, -0.1) is 24.9 Å². The topological polar surface area (TPSA) is 87.1 Å². The van der Waals surface area contributed by atoms with Crippen molar-refractivity contribution in [2.24, 2.45) is 17.8 Å². The van der Waals surface area contributed by atoms with Gasteiger partial charge in [-0.1, -0.05) is 31.9 Å². The van der Waals surface area contributed by atoms with Crippen molar-refractivity contribution in [2.45, 2.75) is 81.4 Å². The van der Waals surface area contributed by atoms with E-state index in [-0.39, 0.29) is 48.2 Å². The number of likely N-dealkylation sites (tertiary alicyclic amines) is 1. The molecule has 0 saturated carbocycles. The van der Waals surface area contributed by atoms with Crippen molar-refractivity contribution < 1.29 is 24.2 Å². The van der Waals surface area contributed by atoms with Crippen LogP contribution in [0.5, 0.6) is 0 Å². The van der Waals surface area contributed by atoms with Gasteiger partial charge in [0.1, 0.15) is 6.04 Å². The SMILES string of the molecule is C=CCCOC(=O)[C@@H]1[C@H]2C(=O)N(CCCCCCO)C(C(=O)N(CC=C)C(C)C)C23S[C@@H]1CC3C. The summed E-state index contributed by atoms with van der Waals surface area (Å²) in [4.78, 5) is 44.9. The first kappa shape index (κ1) is 27.8. The van der Waals surface area contributed by atoms with E-state index in [9.17, 15) is 14.4 Å². The number of aliphatic hydroxyl groups excluding tert-OH is 1. The monoisotopic (exact) mass is 506 g/mol. The van der Waals surface area contributed by atoms with Gasteiger partial charge in [-0.05, 0) is 45.4 Å². The molecule has 35 heavy (non-hydrogen) atoms. The molecule has 1 N–H and O–H groups in total. The predicted molar refractivity (Wildman–Crippen MR) is 139 cm³/mol. The third-order valence-corrected chi connectivity index (χ3v) is 9.93. The molecule has 2 bridgehead atoms. The minimum atomic E-state index is -0.625. The summed E-state index contributed by atoms with van der Waals surface area (Å²) in [7, 11) is 0. The van der Waals surface area contributed by atoms with Crippen LogP contribution >= 0.6 is 11.8 Å². The van der Waals surface area contributed by atoms with Crippen molar-refractivity contribution in [3.05, 3.63) is 25.3 Å². The summed E-state index contributed by atoms with van der Waals surface area (Å²) in [6, 6.07) is -0.632. The summed E-state index contributed by atoms with van der Waals surface area (Å²) in [5.74, 6) is -1.38. The van der Waals surface area contributed by atoms with Gasteiger partial charge in [0.2, 0.25) is 11.8 Å². The number of amides is 2. The second kappa shape index (κ2) is 12.0. The van der Waals surface area contributed by atoms with E-state index in [0.29, 0.717) is 19.5 Å². The molecular weight excluding hydrogens is 464 g/mol. The number of aliphatic hydroxyl groups is 1. The number of fused-ring (bicyclic) bond motifs is 1. The van der Waals surface area contributed by atoms with E-state index in [2.05, 4.69) is 20.1 Å². The summed E-state index contributed by atoms with van der Waals surface area (Å²) in [5, 5.41) is 9.08. The van der Waals surface area contributed by atoms with E-state index in [0.717, 1.165) is 32.1 Å². The molecule has 8 heteroatoms. The van der Waals surface area contributed by atoms with Crippen LogP contribution in [0.1, 0.15) is 59.3 Å². The van der Waals surface area contributed by atoms with Crippen molar-refractivity contribution >= 4 is 29.5 Å². The fraction of sp³-hybridized carbons (Fsp3) is 0.741. The van der Waals surface area contributed by atoms with Gasteiger partial charge in [-0.25, -0.2) is 0 Å². The molecule has 0 aromatic heterocycles. The Morgan fingerprint density at radius 1 is 1.26 bits per heavy atom. The Morgan fingerprint density at radius 2 is 1.97 bits per heavy atom. The Balaban J connectivity index is 1.95. The smallest absolute Gasteiger partial charge is 0.310 e. The molecule has 3 saturated heterocycles. The average molecular weight is 507 g/mol. The van der Waals surface area contributed by atoms with Gasteiger partial charge >= 0.3 is 5.97 Å². The Morgan fingerprint density at radius 3 is 2.60 bits per heavy atom. The Kier molecular flexibility index (Phi) is 9.49. The molecule has 196 valence electrons. The molecule has 0 radical (unpaired) electrons. The van der Waals surface area contributed by atoms with E-state index in [4.69, 9.17) is 9.84 Å². The highest BCUT2D eigenvalue weighted by atomic mass is 32.2. The number of ether oxygens (including phenoxy) is 1. The lowest BCUT2D eigenvalue weighted by Crippen LogP contribution is -2.58. The van der Waals surface area contributed by atoms with Crippen LogP contribution in [0.4, 0.5) is 0 Å². The quantitative estimate of drug-likeness (QED) is 0.221. The van der Waals surface area contributed by atoms with Gasteiger partial charge in [0, 0.05) is 31.0 Å². The minimum Gasteiger partial charge on any atom is -0.465 e. The maximum absolute atomic E-state index is 14.1. The molecule has 2 amide bonds. The molecule has 3 rings (SSSR count). The Hall–Kier alpha value is -1.80. The molecule has 7 nitrogen and oxygen atoms in total. The zero-order valence-electron chi connectivity index (χ0n) is 21.5. The second-order valence-electron chi connectivity index (χ2n) is 10.3. The third-order valence-electron chi connectivity index (χ3n) is 7.86. The molecule has 3 aliphatic heterocycles. The second-order valence-corrected chi connectivity index (χ2v) is 11.9. The summed E-state index contributed by atoms with van der Waals surface area (Å²) in [6.45, 7) is 14.9. The number of unbranched alkanes of at least 4 members (excludes halogenated alkanes) is 3. The van der Waals surface area contributed by atoms with Crippen LogP contribution in [0.2, 0.25) is 0 Å². The van der Waals surface area contributed by atoms with Crippen LogP contribution in [-0.2, 0) is 19.1 Å². The van der Waals surface area contributed by atoms with Gasteiger partial charge in [0.25, 0.3) is 0 Å². The van der Waals surface area contributed by atoms with Crippen LogP contribution in [0.25, 0.3) is 0 Å². The minimum absolute atomic E-state index is 0.0101.